The first-order valence-corrected chi connectivity index (χ1v) is 13.6. The standard InChI is InChI=1S/C33H32N2O7/c36-31(37)12-6-16-41-30-11-4-9-25(29(30)13-14-32(38)39)22-42-28-18-26(24-10-5-15-34-21-24)17-27(19-28)33(40)35-20-23-7-2-1-3-8-23/h1-5,7-11,15,17-19,21H,6,12-14,16,20,22H2,(H,35,40)(H,36,37)(H,38,39). The van der Waals surface area contributed by atoms with Crippen LogP contribution in [0, 0.1) is 0 Å². The predicted octanol–water partition coefficient (Wildman–Crippen LogP) is 5.52. The Hall–Kier alpha value is -5.18. The molecule has 0 atom stereocenters. The molecule has 42 heavy (non-hydrogen) atoms. The Morgan fingerprint density at radius 2 is 1.62 bits per heavy atom. The fraction of sp³-hybridized carbons (Fsp3) is 0.212. The summed E-state index contributed by atoms with van der Waals surface area (Å²) in [5, 5.41) is 21.1. The Kier molecular flexibility index (Phi) is 10.6. The summed E-state index contributed by atoms with van der Waals surface area (Å²) >= 11 is 0. The Morgan fingerprint density at radius 1 is 0.810 bits per heavy atom. The molecule has 1 amide bonds. The third kappa shape index (κ3) is 8.92. The molecular formula is C33H32N2O7. The van der Waals surface area contributed by atoms with Crippen LogP contribution in [-0.2, 0) is 29.2 Å². The number of aliphatic carboxylic acids is 2. The van der Waals surface area contributed by atoms with Gasteiger partial charge >= 0.3 is 11.9 Å². The highest BCUT2D eigenvalue weighted by atomic mass is 16.5. The van der Waals surface area contributed by atoms with Gasteiger partial charge in [0.25, 0.3) is 5.91 Å². The molecule has 0 fully saturated rings. The van der Waals surface area contributed by atoms with Crippen molar-refractivity contribution >= 4 is 17.8 Å². The first-order valence-electron chi connectivity index (χ1n) is 13.6. The molecule has 9 heteroatoms. The molecule has 0 aliphatic rings. The maximum atomic E-state index is 13.2. The molecule has 0 bridgehead atoms. The fourth-order valence-corrected chi connectivity index (χ4v) is 4.36. The lowest BCUT2D eigenvalue weighted by atomic mass is 10.0. The number of nitrogens with one attached hydrogen (secondary N) is 1. The number of carboxylic acid groups (broad SMARTS) is 2. The van der Waals surface area contributed by atoms with E-state index in [1.807, 2.05) is 54.6 Å². The summed E-state index contributed by atoms with van der Waals surface area (Å²) in [6, 6.07) is 24.0. The van der Waals surface area contributed by atoms with E-state index in [-0.39, 0.29) is 38.4 Å². The summed E-state index contributed by atoms with van der Waals surface area (Å²) in [5.74, 6) is -1.16. The van der Waals surface area contributed by atoms with Gasteiger partial charge in [0.15, 0.2) is 0 Å². The largest absolute Gasteiger partial charge is 0.493 e. The number of hydrogen-bond acceptors (Lipinski definition) is 6. The lowest BCUT2D eigenvalue weighted by Crippen LogP contribution is -2.22. The molecule has 0 aliphatic carbocycles. The average molecular weight is 569 g/mol. The number of carboxylic acids is 2. The summed E-state index contributed by atoms with van der Waals surface area (Å²) < 4.78 is 12.0. The van der Waals surface area contributed by atoms with E-state index >= 15 is 0 Å². The van der Waals surface area contributed by atoms with Gasteiger partial charge in [-0.15, -0.1) is 0 Å². The smallest absolute Gasteiger partial charge is 0.303 e. The van der Waals surface area contributed by atoms with E-state index < -0.39 is 11.9 Å². The molecule has 4 aromatic rings. The Balaban J connectivity index is 1.56. The number of amides is 1. The van der Waals surface area contributed by atoms with Gasteiger partial charge in [-0.3, -0.25) is 19.4 Å². The number of benzene rings is 3. The van der Waals surface area contributed by atoms with Crippen molar-refractivity contribution in [3.63, 3.8) is 0 Å². The van der Waals surface area contributed by atoms with Crippen LogP contribution in [0.15, 0.2) is 91.3 Å². The SMILES string of the molecule is O=C(O)CCCOc1cccc(COc2cc(C(=O)NCc3ccccc3)cc(-c3cccnc3)c2)c1CCC(=O)O. The van der Waals surface area contributed by atoms with E-state index in [0.717, 1.165) is 22.3 Å². The fourth-order valence-electron chi connectivity index (χ4n) is 4.36. The highest BCUT2D eigenvalue weighted by molar-refractivity contribution is 5.96. The van der Waals surface area contributed by atoms with Crippen LogP contribution in [0.3, 0.4) is 0 Å². The van der Waals surface area contributed by atoms with Crippen molar-refractivity contribution in [2.45, 2.75) is 38.8 Å². The van der Waals surface area contributed by atoms with Crippen LogP contribution < -0.4 is 14.8 Å². The second kappa shape index (κ2) is 15.0. The van der Waals surface area contributed by atoms with Crippen molar-refractivity contribution < 1.29 is 34.1 Å². The average Bonchev–Trinajstić information content (AvgIpc) is 3.01. The second-order valence-electron chi connectivity index (χ2n) is 9.58. The van der Waals surface area contributed by atoms with Crippen LogP contribution in [0.1, 0.15) is 46.3 Å². The molecule has 3 N–H and O–H groups in total. The zero-order valence-electron chi connectivity index (χ0n) is 23.0. The van der Waals surface area contributed by atoms with Gasteiger partial charge in [-0.2, -0.15) is 0 Å². The van der Waals surface area contributed by atoms with Gasteiger partial charge in [-0.1, -0.05) is 48.5 Å². The molecular weight excluding hydrogens is 536 g/mol. The number of pyridine rings is 1. The Bertz CT molecular complexity index is 1510. The molecule has 4 rings (SSSR count). The molecule has 0 radical (unpaired) electrons. The maximum absolute atomic E-state index is 13.2. The van der Waals surface area contributed by atoms with Crippen molar-refractivity contribution in [3.8, 4) is 22.6 Å². The monoisotopic (exact) mass is 568 g/mol. The third-order valence-electron chi connectivity index (χ3n) is 6.47. The number of ether oxygens (including phenoxy) is 2. The Labute approximate surface area is 243 Å². The van der Waals surface area contributed by atoms with Crippen LogP contribution in [0.5, 0.6) is 11.5 Å². The normalized spacial score (nSPS) is 10.6. The summed E-state index contributed by atoms with van der Waals surface area (Å²) in [5.41, 5.74) is 4.38. The van der Waals surface area contributed by atoms with Gasteiger partial charge in [-0.25, -0.2) is 0 Å². The van der Waals surface area contributed by atoms with Crippen LogP contribution in [0.25, 0.3) is 11.1 Å². The molecule has 1 aromatic heterocycles. The first kappa shape index (κ1) is 29.8. The van der Waals surface area contributed by atoms with Gasteiger partial charge in [0, 0.05) is 48.5 Å². The zero-order chi connectivity index (χ0) is 29.7. The van der Waals surface area contributed by atoms with Gasteiger partial charge in [0.2, 0.25) is 0 Å². The van der Waals surface area contributed by atoms with Gasteiger partial charge in [0.1, 0.15) is 18.1 Å². The number of rotatable bonds is 15. The summed E-state index contributed by atoms with van der Waals surface area (Å²) in [6.45, 7) is 0.660. The molecule has 0 unspecified atom stereocenters. The highest BCUT2D eigenvalue weighted by Crippen LogP contribution is 2.29. The highest BCUT2D eigenvalue weighted by Gasteiger charge is 2.15. The van der Waals surface area contributed by atoms with E-state index in [1.54, 1.807) is 36.7 Å². The number of aromatic nitrogens is 1. The van der Waals surface area contributed by atoms with Crippen molar-refractivity contribution in [1.82, 2.24) is 10.3 Å². The first-order chi connectivity index (χ1) is 20.4. The minimum atomic E-state index is -0.946. The van der Waals surface area contributed by atoms with Crippen LogP contribution in [-0.4, -0.2) is 39.6 Å². The minimum Gasteiger partial charge on any atom is -0.493 e. The maximum Gasteiger partial charge on any atom is 0.303 e. The molecule has 0 aliphatic heterocycles. The number of nitrogens with zero attached hydrogens (tertiary/aromatic N) is 1. The van der Waals surface area contributed by atoms with Crippen LogP contribution >= 0.6 is 0 Å². The van der Waals surface area contributed by atoms with Crippen LogP contribution in [0.2, 0.25) is 0 Å². The Morgan fingerprint density at radius 3 is 2.36 bits per heavy atom. The summed E-state index contributed by atoms with van der Waals surface area (Å²) in [6.07, 6.45) is 3.79. The lowest BCUT2D eigenvalue weighted by molar-refractivity contribution is -0.138. The molecule has 3 aromatic carbocycles. The number of hydrogen-bond donors (Lipinski definition) is 3. The van der Waals surface area contributed by atoms with E-state index in [2.05, 4.69) is 10.3 Å². The predicted molar refractivity (Wildman–Crippen MR) is 156 cm³/mol. The van der Waals surface area contributed by atoms with Crippen molar-refractivity contribution in [2.24, 2.45) is 0 Å². The molecule has 9 nitrogen and oxygen atoms in total. The number of carbonyl (C=O) groups is 3. The van der Waals surface area contributed by atoms with Gasteiger partial charge < -0.3 is 25.0 Å². The zero-order valence-corrected chi connectivity index (χ0v) is 23.0. The molecule has 0 spiro atoms. The second-order valence-corrected chi connectivity index (χ2v) is 9.58. The van der Waals surface area contributed by atoms with E-state index in [4.69, 9.17) is 14.6 Å². The van der Waals surface area contributed by atoms with E-state index in [9.17, 15) is 19.5 Å². The minimum absolute atomic E-state index is 0.0260. The van der Waals surface area contributed by atoms with Crippen LogP contribution in [0.4, 0.5) is 0 Å². The summed E-state index contributed by atoms with van der Waals surface area (Å²) in [7, 11) is 0. The van der Waals surface area contributed by atoms with E-state index in [1.165, 1.54) is 0 Å². The van der Waals surface area contributed by atoms with Gasteiger partial charge in [-0.05, 0) is 59.9 Å². The van der Waals surface area contributed by atoms with E-state index in [0.29, 0.717) is 35.6 Å². The number of carbonyl (C=O) groups excluding carboxylic acids is 1. The van der Waals surface area contributed by atoms with Crippen molar-refractivity contribution in [1.29, 1.82) is 0 Å². The van der Waals surface area contributed by atoms with Crippen molar-refractivity contribution in [2.75, 3.05) is 6.61 Å². The third-order valence-corrected chi connectivity index (χ3v) is 6.47. The molecule has 0 saturated carbocycles. The summed E-state index contributed by atoms with van der Waals surface area (Å²) in [4.78, 5) is 39.5. The lowest BCUT2D eigenvalue weighted by Gasteiger charge is -2.17. The molecule has 216 valence electrons. The topological polar surface area (TPSA) is 135 Å². The van der Waals surface area contributed by atoms with Gasteiger partial charge in [0.05, 0.1) is 6.61 Å². The quantitative estimate of drug-likeness (QED) is 0.160. The molecule has 1 heterocycles. The molecule has 0 saturated heterocycles. The van der Waals surface area contributed by atoms with Crippen molar-refractivity contribution in [3.05, 3.63) is 114 Å².